The Labute approximate surface area is 104 Å². The first-order chi connectivity index (χ1) is 7.82. The summed E-state index contributed by atoms with van der Waals surface area (Å²) in [6, 6.07) is 0. The zero-order valence-electron chi connectivity index (χ0n) is 11.8. The highest BCUT2D eigenvalue weighted by Gasteiger charge is 2.19. The van der Waals surface area contributed by atoms with Gasteiger partial charge < -0.3 is 10.5 Å². The lowest BCUT2D eigenvalue weighted by atomic mass is 10.1. The van der Waals surface area contributed by atoms with Gasteiger partial charge in [-0.15, -0.1) is 0 Å². The summed E-state index contributed by atoms with van der Waals surface area (Å²) in [5, 5.41) is 4.41. The van der Waals surface area contributed by atoms with E-state index < -0.39 is 0 Å². The highest BCUT2D eigenvalue weighted by molar-refractivity contribution is 5.54. The summed E-state index contributed by atoms with van der Waals surface area (Å²) in [5.74, 6) is 1.63. The van der Waals surface area contributed by atoms with Crippen LogP contribution in [0, 0.1) is 5.92 Å². The SMILES string of the molecule is CC(C)CC(C)Oc1c(N)c(C(C)C)nn1C. The molecule has 0 radical (unpaired) electrons. The number of aryl methyl sites for hydroxylation is 1. The van der Waals surface area contributed by atoms with E-state index in [0.717, 1.165) is 12.1 Å². The van der Waals surface area contributed by atoms with E-state index in [1.807, 2.05) is 7.05 Å². The van der Waals surface area contributed by atoms with Crippen LogP contribution < -0.4 is 10.5 Å². The summed E-state index contributed by atoms with van der Waals surface area (Å²) in [5.41, 5.74) is 7.67. The minimum atomic E-state index is 0.160. The van der Waals surface area contributed by atoms with Crippen molar-refractivity contribution >= 4 is 5.69 Å². The summed E-state index contributed by atoms with van der Waals surface area (Å²) in [6.45, 7) is 10.6. The number of rotatable bonds is 5. The molecule has 1 rings (SSSR count). The topological polar surface area (TPSA) is 53.1 Å². The normalized spacial score (nSPS) is 13.4. The Bertz CT molecular complexity index is 369. The van der Waals surface area contributed by atoms with Crippen molar-refractivity contribution in [2.45, 2.75) is 53.1 Å². The number of anilines is 1. The van der Waals surface area contributed by atoms with Crippen LogP contribution in [0.5, 0.6) is 5.88 Å². The predicted molar refractivity (Wildman–Crippen MR) is 71.3 cm³/mol. The second-order valence-electron chi connectivity index (χ2n) is 5.44. The molecule has 2 N–H and O–H groups in total. The standard InChI is InChI=1S/C13H25N3O/c1-8(2)7-10(5)17-13-11(14)12(9(3)4)15-16(13)6/h8-10H,7,14H2,1-6H3. The first kappa shape index (κ1) is 13.9. The maximum atomic E-state index is 6.08. The molecule has 1 unspecified atom stereocenters. The van der Waals surface area contributed by atoms with E-state index in [4.69, 9.17) is 10.5 Å². The van der Waals surface area contributed by atoms with Gasteiger partial charge in [0.2, 0.25) is 5.88 Å². The molecule has 0 fully saturated rings. The molecule has 1 aromatic rings. The predicted octanol–water partition coefficient (Wildman–Crippen LogP) is 2.94. The summed E-state index contributed by atoms with van der Waals surface area (Å²) in [7, 11) is 1.87. The highest BCUT2D eigenvalue weighted by atomic mass is 16.5. The van der Waals surface area contributed by atoms with E-state index >= 15 is 0 Å². The number of nitrogens with zero attached hydrogens (tertiary/aromatic N) is 2. The second kappa shape index (κ2) is 5.43. The Morgan fingerprint density at radius 1 is 1.24 bits per heavy atom. The minimum absolute atomic E-state index is 0.160. The zero-order valence-corrected chi connectivity index (χ0v) is 11.8. The fourth-order valence-electron chi connectivity index (χ4n) is 2.01. The largest absolute Gasteiger partial charge is 0.473 e. The van der Waals surface area contributed by atoms with Crippen molar-refractivity contribution in [3.63, 3.8) is 0 Å². The second-order valence-corrected chi connectivity index (χ2v) is 5.44. The minimum Gasteiger partial charge on any atom is -0.473 e. The van der Waals surface area contributed by atoms with Crippen molar-refractivity contribution in [3.05, 3.63) is 5.69 Å². The lowest BCUT2D eigenvalue weighted by Crippen LogP contribution is -2.16. The molecule has 1 atom stereocenters. The first-order valence-corrected chi connectivity index (χ1v) is 6.31. The maximum absolute atomic E-state index is 6.08. The van der Waals surface area contributed by atoms with Crippen molar-refractivity contribution in [1.82, 2.24) is 9.78 Å². The number of nitrogen functional groups attached to an aromatic ring is 1. The molecule has 0 aliphatic heterocycles. The van der Waals surface area contributed by atoms with E-state index in [1.165, 1.54) is 0 Å². The molecule has 1 aromatic heterocycles. The molecule has 0 amide bonds. The van der Waals surface area contributed by atoms with Gasteiger partial charge in [0.25, 0.3) is 0 Å². The van der Waals surface area contributed by atoms with Crippen LogP contribution in [0.3, 0.4) is 0 Å². The Kier molecular flexibility index (Phi) is 4.43. The van der Waals surface area contributed by atoms with Crippen molar-refractivity contribution in [3.8, 4) is 5.88 Å². The molecule has 0 saturated carbocycles. The number of hydrogen-bond donors (Lipinski definition) is 1. The van der Waals surface area contributed by atoms with Crippen molar-refractivity contribution < 1.29 is 4.74 Å². The van der Waals surface area contributed by atoms with Crippen LogP contribution in [0.4, 0.5) is 5.69 Å². The average Bonchev–Trinajstić information content (AvgIpc) is 2.44. The smallest absolute Gasteiger partial charge is 0.236 e. The highest BCUT2D eigenvalue weighted by Crippen LogP contribution is 2.30. The number of aromatic nitrogens is 2. The van der Waals surface area contributed by atoms with Gasteiger partial charge in [-0.25, -0.2) is 4.68 Å². The molecule has 1 heterocycles. The van der Waals surface area contributed by atoms with Crippen molar-refractivity contribution in [2.24, 2.45) is 13.0 Å². The van der Waals surface area contributed by atoms with Gasteiger partial charge in [-0.2, -0.15) is 5.10 Å². The van der Waals surface area contributed by atoms with Gasteiger partial charge in [-0.05, 0) is 25.2 Å². The van der Waals surface area contributed by atoms with Crippen LogP contribution in [0.25, 0.3) is 0 Å². The fourth-order valence-corrected chi connectivity index (χ4v) is 2.01. The molecule has 0 spiro atoms. The van der Waals surface area contributed by atoms with Gasteiger partial charge in [0.05, 0.1) is 11.8 Å². The van der Waals surface area contributed by atoms with Gasteiger partial charge in [0, 0.05) is 7.05 Å². The van der Waals surface area contributed by atoms with E-state index in [0.29, 0.717) is 23.4 Å². The maximum Gasteiger partial charge on any atom is 0.236 e. The number of nitrogens with two attached hydrogens (primary N) is 1. The van der Waals surface area contributed by atoms with Crippen LogP contribution in [-0.2, 0) is 7.05 Å². The molecular weight excluding hydrogens is 214 g/mol. The Morgan fingerprint density at radius 2 is 1.82 bits per heavy atom. The first-order valence-electron chi connectivity index (χ1n) is 6.31. The van der Waals surface area contributed by atoms with E-state index in [2.05, 4.69) is 39.7 Å². The summed E-state index contributed by atoms with van der Waals surface area (Å²) >= 11 is 0. The van der Waals surface area contributed by atoms with Crippen molar-refractivity contribution in [1.29, 1.82) is 0 Å². The third-order valence-electron chi connectivity index (χ3n) is 2.72. The number of hydrogen-bond acceptors (Lipinski definition) is 3. The van der Waals surface area contributed by atoms with Crippen LogP contribution >= 0.6 is 0 Å². The van der Waals surface area contributed by atoms with Crippen LogP contribution in [0.2, 0.25) is 0 Å². The zero-order chi connectivity index (χ0) is 13.2. The van der Waals surface area contributed by atoms with Crippen molar-refractivity contribution in [2.75, 3.05) is 5.73 Å². The summed E-state index contributed by atoms with van der Waals surface area (Å²) in [6.07, 6.45) is 1.18. The van der Waals surface area contributed by atoms with E-state index in [9.17, 15) is 0 Å². The molecule has 98 valence electrons. The van der Waals surface area contributed by atoms with E-state index in [-0.39, 0.29) is 6.10 Å². The number of ether oxygens (including phenoxy) is 1. The molecule has 0 aliphatic rings. The average molecular weight is 239 g/mol. The van der Waals surface area contributed by atoms with Gasteiger partial charge >= 0.3 is 0 Å². The monoisotopic (exact) mass is 239 g/mol. The molecule has 4 heteroatoms. The molecule has 0 saturated heterocycles. The fraction of sp³-hybridized carbons (Fsp3) is 0.769. The molecular formula is C13H25N3O. The van der Waals surface area contributed by atoms with Crippen LogP contribution in [0.15, 0.2) is 0 Å². The molecule has 17 heavy (non-hydrogen) atoms. The lowest BCUT2D eigenvalue weighted by molar-refractivity contribution is 0.178. The third-order valence-corrected chi connectivity index (χ3v) is 2.72. The molecule has 0 aliphatic carbocycles. The van der Waals surface area contributed by atoms with E-state index in [1.54, 1.807) is 4.68 Å². The van der Waals surface area contributed by atoms with Gasteiger partial charge in [-0.3, -0.25) is 0 Å². The Hall–Kier alpha value is -1.19. The van der Waals surface area contributed by atoms with Crippen LogP contribution in [0.1, 0.15) is 52.7 Å². The van der Waals surface area contributed by atoms with Gasteiger partial charge in [0.15, 0.2) is 0 Å². The molecule has 0 aromatic carbocycles. The molecule has 0 bridgehead atoms. The molecule has 4 nitrogen and oxygen atoms in total. The lowest BCUT2D eigenvalue weighted by Gasteiger charge is -2.16. The Morgan fingerprint density at radius 3 is 2.24 bits per heavy atom. The van der Waals surface area contributed by atoms with Gasteiger partial charge in [0.1, 0.15) is 5.69 Å². The summed E-state index contributed by atoms with van der Waals surface area (Å²) < 4.78 is 7.63. The quantitative estimate of drug-likeness (QED) is 0.859. The third kappa shape index (κ3) is 3.38. The Balaban J connectivity index is 2.84. The van der Waals surface area contributed by atoms with Crippen LogP contribution in [-0.4, -0.2) is 15.9 Å². The summed E-state index contributed by atoms with van der Waals surface area (Å²) in [4.78, 5) is 0. The van der Waals surface area contributed by atoms with Gasteiger partial charge in [-0.1, -0.05) is 27.7 Å².